The van der Waals surface area contributed by atoms with Gasteiger partial charge in [-0.3, -0.25) is 9.79 Å². The fourth-order valence-corrected chi connectivity index (χ4v) is 2.86. The van der Waals surface area contributed by atoms with E-state index in [1.165, 1.54) is 5.56 Å². The molecule has 0 atom stereocenters. The lowest BCUT2D eigenvalue weighted by Crippen LogP contribution is -2.25. The van der Waals surface area contributed by atoms with Gasteiger partial charge in [0.05, 0.1) is 10.8 Å². The molecule has 0 saturated heterocycles. The highest BCUT2D eigenvalue weighted by atomic mass is 32.2. The van der Waals surface area contributed by atoms with E-state index in [9.17, 15) is 4.79 Å². The van der Waals surface area contributed by atoms with Gasteiger partial charge in [0.2, 0.25) is 5.91 Å². The molecule has 0 fully saturated rings. The molecule has 0 bridgehead atoms. The molecular weight excluding hydrogens is 246 g/mol. The normalized spacial score (nSPS) is 19.2. The molecule has 1 aromatic carbocycles. The molecule has 1 N–H and O–H groups in total. The maximum absolute atomic E-state index is 11.0. The van der Waals surface area contributed by atoms with Gasteiger partial charge in [0, 0.05) is 30.7 Å². The predicted octanol–water partition coefficient (Wildman–Crippen LogP) is 1.79. The van der Waals surface area contributed by atoms with Crippen LogP contribution in [0.3, 0.4) is 0 Å². The molecule has 18 heavy (non-hydrogen) atoms. The van der Waals surface area contributed by atoms with Crippen molar-refractivity contribution < 1.29 is 4.79 Å². The minimum atomic E-state index is -0.00733. The molecule has 0 aromatic heterocycles. The zero-order valence-corrected chi connectivity index (χ0v) is 10.7. The Morgan fingerprint density at radius 3 is 2.50 bits per heavy atom. The molecule has 0 spiro atoms. The SMILES string of the molecule is O=C1CCC(c2ccc(C3=NCCS3)cc2)=NN1. The van der Waals surface area contributed by atoms with Gasteiger partial charge in [-0.25, -0.2) is 5.43 Å². The number of benzene rings is 1. The number of hydrogen-bond donors (Lipinski definition) is 1. The largest absolute Gasteiger partial charge is 0.277 e. The summed E-state index contributed by atoms with van der Waals surface area (Å²) in [7, 11) is 0. The quantitative estimate of drug-likeness (QED) is 0.880. The molecule has 1 aromatic rings. The fraction of sp³-hybridized carbons (Fsp3) is 0.308. The summed E-state index contributed by atoms with van der Waals surface area (Å²) in [6.45, 7) is 0.917. The first-order valence-electron chi connectivity index (χ1n) is 5.96. The molecule has 2 aliphatic heterocycles. The summed E-state index contributed by atoms with van der Waals surface area (Å²) < 4.78 is 0. The lowest BCUT2D eigenvalue weighted by Gasteiger charge is -2.12. The topological polar surface area (TPSA) is 53.8 Å². The van der Waals surface area contributed by atoms with E-state index in [1.54, 1.807) is 11.8 Å². The lowest BCUT2D eigenvalue weighted by atomic mass is 10.0. The standard InChI is InChI=1S/C13H13N3OS/c17-12-6-5-11(15-16-12)9-1-3-10(4-2-9)13-14-7-8-18-13/h1-4H,5-8H2,(H,16,17). The van der Waals surface area contributed by atoms with Crippen LogP contribution in [0.2, 0.25) is 0 Å². The smallest absolute Gasteiger partial charge is 0.240 e. The molecule has 5 heteroatoms. The first-order valence-corrected chi connectivity index (χ1v) is 6.95. The van der Waals surface area contributed by atoms with E-state index < -0.39 is 0 Å². The van der Waals surface area contributed by atoms with Crippen molar-refractivity contribution in [2.24, 2.45) is 10.1 Å². The predicted molar refractivity (Wildman–Crippen MR) is 74.2 cm³/mol. The maximum atomic E-state index is 11.0. The Morgan fingerprint density at radius 2 is 1.89 bits per heavy atom. The summed E-state index contributed by atoms with van der Waals surface area (Å²) >= 11 is 1.80. The van der Waals surface area contributed by atoms with Crippen molar-refractivity contribution in [3.63, 3.8) is 0 Å². The van der Waals surface area contributed by atoms with Gasteiger partial charge in [0.1, 0.15) is 0 Å². The van der Waals surface area contributed by atoms with Crippen LogP contribution < -0.4 is 5.43 Å². The van der Waals surface area contributed by atoms with E-state index >= 15 is 0 Å². The monoisotopic (exact) mass is 259 g/mol. The number of nitrogens with one attached hydrogen (secondary N) is 1. The fourth-order valence-electron chi connectivity index (χ4n) is 2.00. The summed E-state index contributed by atoms with van der Waals surface area (Å²) in [6.07, 6.45) is 1.23. The molecule has 0 radical (unpaired) electrons. The van der Waals surface area contributed by atoms with Crippen LogP contribution in [0.4, 0.5) is 0 Å². The van der Waals surface area contributed by atoms with Gasteiger partial charge < -0.3 is 0 Å². The molecular formula is C13H13N3OS. The molecule has 2 aliphatic rings. The number of hydrogen-bond acceptors (Lipinski definition) is 4. The maximum Gasteiger partial charge on any atom is 0.240 e. The Morgan fingerprint density at radius 1 is 1.11 bits per heavy atom. The number of thioether (sulfide) groups is 1. The van der Waals surface area contributed by atoms with Gasteiger partial charge in [0.25, 0.3) is 0 Å². The van der Waals surface area contributed by atoms with Crippen LogP contribution in [0.25, 0.3) is 0 Å². The van der Waals surface area contributed by atoms with Crippen molar-refractivity contribution in [3.05, 3.63) is 35.4 Å². The van der Waals surface area contributed by atoms with Crippen LogP contribution >= 0.6 is 11.8 Å². The van der Waals surface area contributed by atoms with Crippen LogP contribution in [-0.2, 0) is 4.79 Å². The number of amides is 1. The summed E-state index contributed by atoms with van der Waals surface area (Å²) in [5.74, 6) is 1.07. The Kier molecular flexibility index (Phi) is 3.15. The summed E-state index contributed by atoms with van der Waals surface area (Å²) in [5, 5.41) is 5.21. The average Bonchev–Trinajstić information content (AvgIpc) is 2.94. The van der Waals surface area contributed by atoms with Gasteiger partial charge >= 0.3 is 0 Å². The second-order valence-corrected chi connectivity index (χ2v) is 5.29. The average molecular weight is 259 g/mol. The first-order chi connectivity index (χ1) is 8.83. The van der Waals surface area contributed by atoms with E-state index in [1.807, 2.05) is 12.1 Å². The van der Waals surface area contributed by atoms with Crippen molar-refractivity contribution in [2.45, 2.75) is 12.8 Å². The lowest BCUT2D eigenvalue weighted by molar-refractivity contribution is -0.121. The van der Waals surface area contributed by atoms with E-state index in [2.05, 4.69) is 27.7 Å². The van der Waals surface area contributed by atoms with Crippen LogP contribution in [0.15, 0.2) is 34.4 Å². The number of carbonyl (C=O) groups excluding carboxylic acids is 1. The van der Waals surface area contributed by atoms with Gasteiger partial charge in [-0.15, -0.1) is 11.8 Å². The number of rotatable bonds is 2. The Labute approximate surface area is 110 Å². The highest BCUT2D eigenvalue weighted by molar-refractivity contribution is 8.14. The van der Waals surface area contributed by atoms with E-state index in [-0.39, 0.29) is 5.91 Å². The zero-order chi connectivity index (χ0) is 12.4. The number of aliphatic imine (C=N–C) groups is 1. The molecule has 0 aliphatic carbocycles. The highest BCUT2D eigenvalue weighted by Gasteiger charge is 2.14. The minimum absolute atomic E-state index is 0.00733. The Hall–Kier alpha value is -1.62. The second kappa shape index (κ2) is 4.94. The second-order valence-electron chi connectivity index (χ2n) is 4.21. The van der Waals surface area contributed by atoms with Crippen molar-refractivity contribution in [3.8, 4) is 0 Å². The van der Waals surface area contributed by atoms with Crippen LogP contribution in [0.5, 0.6) is 0 Å². The van der Waals surface area contributed by atoms with Crippen molar-refractivity contribution in [1.82, 2.24) is 5.43 Å². The third-order valence-electron chi connectivity index (χ3n) is 2.95. The van der Waals surface area contributed by atoms with Crippen molar-refractivity contribution in [2.75, 3.05) is 12.3 Å². The molecule has 4 nitrogen and oxygen atoms in total. The molecule has 0 unspecified atom stereocenters. The Balaban J connectivity index is 1.80. The van der Waals surface area contributed by atoms with Gasteiger partial charge in [-0.2, -0.15) is 5.10 Å². The summed E-state index contributed by atoms with van der Waals surface area (Å²) in [6, 6.07) is 8.25. The van der Waals surface area contributed by atoms with Crippen LogP contribution in [0.1, 0.15) is 24.0 Å². The van der Waals surface area contributed by atoms with E-state index in [4.69, 9.17) is 0 Å². The minimum Gasteiger partial charge on any atom is -0.277 e. The Bertz CT molecular complexity index is 534. The third-order valence-corrected chi connectivity index (χ3v) is 3.98. The van der Waals surface area contributed by atoms with Crippen LogP contribution in [-0.4, -0.2) is 29.0 Å². The van der Waals surface area contributed by atoms with Crippen molar-refractivity contribution >= 4 is 28.4 Å². The zero-order valence-electron chi connectivity index (χ0n) is 9.85. The van der Waals surface area contributed by atoms with E-state index in [0.717, 1.165) is 28.6 Å². The number of hydrazone groups is 1. The third kappa shape index (κ3) is 2.31. The molecule has 0 saturated carbocycles. The van der Waals surface area contributed by atoms with Gasteiger partial charge in [-0.1, -0.05) is 24.3 Å². The number of carbonyl (C=O) groups is 1. The van der Waals surface area contributed by atoms with Crippen molar-refractivity contribution in [1.29, 1.82) is 0 Å². The van der Waals surface area contributed by atoms with Gasteiger partial charge in [-0.05, 0) is 5.56 Å². The molecule has 2 heterocycles. The van der Waals surface area contributed by atoms with E-state index in [0.29, 0.717) is 12.8 Å². The van der Waals surface area contributed by atoms with Crippen LogP contribution in [0, 0.1) is 0 Å². The summed E-state index contributed by atoms with van der Waals surface area (Å²) in [5.41, 5.74) is 5.71. The van der Waals surface area contributed by atoms with Gasteiger partial charge in [0.15, 0.2) is 0 Å². The first kappa shape index (κ1) is 11.5. The highest BCUT2D eigenvalue weighted by Crippen LogP contribution is 2.20. The molecule has 1 amide bonds. The number of nitrogens with zero attached hydrogens (tertiary/aromatic N) is 2. The molecule has 3 rings (SSSR count). The molecule has 92 valence electrons. The summed E-state index contributed by atoms with van der Waals surface area (Å²) in [4.78, 5) is 15.5.